The third-order valence-corrected chi connectivity index (χ3v) is 3.28. The molecule has 0 saturated heterocycles. The summed E-state index contributed by atoms with van der Waals surface area (Å²) in [7, 11) is 0. The van der Waals surface area contributed by atoms with Crippen LogP contribution in [0.2, 0.25) is 10.0 Å². The maximum Gasteiger partial charge on any atom is 0.196 e. The molecule has 110 valence electrons. The fourth-order valence-corrected chi connectivity index (χ4v) is 2.41. The van der Waals surface area contributed by atoms with Crippen LogP contribution in [0.4, 0.5) is 5.69 Å². The van der Waals surface area contributed by atoms with E-state index in [0.29, 0.717) is 32.6 Å². The van der Waals surface area contributed by atoms with Crippen LogP contribution in [0.5, 0.6) is 5.75 Å². The number of nitrogen functional groups attached to an aromatic ring is 1. The number of halogens is 2. The summed E-state index contributed by atoms with van der Waals surface area (Å²) in [6.07, 6.45) is -0.110. The lowest BCUT2D eigenvalue weighted by Gasteiger charge is -2.16. The number of nitrogens with two attached hydrogens (primary N) is 1. The van der Waals surface area contributed by atoms with Crippen molar-refractivity contribution in [1.82, 2.24) is 0 Å². The monoisotopic (exact) mass is 323 g/mol. The van der Waals surface area contributed by atoms with Crippen LogP contribution < -0.4 is 10.5 Å². The van der Waals surface area contributed by atoms with Gasteiger partial charge in [-0.2, -0.15) is 0 Å². The molecule has 0 fully saturated rings. The fourth-order valence-electron chi connectivity index (χ4n) is 1.87. The summed E-state index contributed by atoms with van der Waals surface area (Å²) in [6, 6.07) is 9.77. The summed E-state index contributed by atoms with van der Waals surface area (Å²) >= 11 is 12.2. The van der Waals surface area contributed by atoms with E-state index in [0.717, 1.165) is 0 Å². The van der Waals surface area contributed by atoms with Gasteiger partial charge in [-0.1, -0.05) is 23.2 Å². The molecule has 0 amide bonds. The van der Waals surface area contributed by atoms with E-state index in [9.17, 15) is 4.79 Å². The van der Waals surface area contributed by atoms with E-state index in [-0.39, 0.29) is 11.9 Å². The molecule has 0 aliphatic rings. The second-order valence-corrected chi connectivity index (χ2v) is 5.73. The first-order chi connectivity index (χ1) is 9.88. The molecule has 2 aromatic carbocycles. The first-order valence-electron chi connectivity index (χ1n) is 6.44. The predicted octanol–water partition coefficient (Wildman–Crippen LogP) is 4.59. The Morgan fingerprint density at radius 2 is 1.76 bits per heavy atom. The molecular weight excluding hydrogens is 309 g/mol. The molecule has 0 heterocycles. The number of hydrogen-bond acceptors (Lipinski definition) is 3. The highest BCUT2D eigenvalue weighted by molar-refractivity contribution is 6.36. The van der Waals surface area contributed by atoms with E-state index >= 15 is 0 Å². The molecule has 0 unspecified atom stereocenters. The van der Waals surface area contributed by atoms with Gasteiger partial charge in [0.25, 0.3) is 0 Å². The summed E-state index contributed by atoms with van der Waals surface area (Å²) < 4.78 is 5.66. The molecule has 0 bridgehead atoms. The van der Waals surface area contributed by atoms with Crippen LogP contribution in [-0.2, 0) is 0 Å². The molecule has 0 aliphatic carbocycles. The highest BCUT2D eigenvalue weighted by atomic mass is 35.5. The van der Waals surface area contributed by atoms with E-state index < -0.39 is 0 Å². The van der Waals surface area contributed by atoms with Crippen molar-refractivity contribution in [2.24, 2.45) is 0 Å². The smallest absolute Gasteiger partial charge is 0.196 e. The molecule has 2 N–H and O–H groups in total. The van der Waals surface area contributed by atoms with Gasteiger partial charge in [0.15, 0.2) is 5.78 Å². The van der Waals surface area contributed by atoms with Crippen molar-refractivity contribution in [3.05, 3.63) is 57.6 Å². The number of carbonyl (C=O) groups is 1. The average molecular weight is 324 g/mol. The molecule has 3 nitrogen and oxygen atoms in total. The van der Waals surface area contributed by atoms with E-state index in [2.05, 4.69) is 0 Å². The summed E-state index contributed by atoms with van der Waals surface area (Å²) in [6.45, 7) is 3.73. The Morgan fingerprint density at radius 1 is 1.14 bits per heavy atom. The minimum Gasteiger partial charge on any atom is -0.489 e. The Kier molecular flexibility index (Phi) is 4.76. The second kappa shape index (κ2) is 6.37. The van der Waals surface area contributed by atoms with Crippen LogP contribution >= 0.6 is 23.2 Å². The Bertz CT molecular complexity index is 667. The van der Waals surface area contributed by atoms with Crippen molar-refractivity contribution >= 4 is 34.7 Å². The molecule has 5 heteroatoms. The molecule has 0 radical (unpaired) electrons. The normalized spacial score (nSPS) is 10.7. The summed E-state index contributed by atoms with van der Waals surface area (Å²) in [4.78, 5) is 12.6. The van der Waals surface area contributed by atoms with Crippen LogP contribution in [0.3, 0.4) is 0 Å². The zero-order chi connectivity index (χ0) is 15.6. The molecular formula is C16H15Cl2NO2. The zero-order valence-corrected chi connectivity index (χ0v) is 13.2. The van der Waals surface area contributed by atoms with Gasteiger partial charge in [-0.05, 0) is 50.2 Å². The number of ether oxygens (including phenoxy) is 1. The van der Waals surface area contributed by atoms with Gasteiger partial charge in [0, 0.05) is 16.3 Å². The van der Waals surface area contributed by atoms with Gasteiger partial charge >= 0.3 is 0 Å². The van der Waals surface area contributed by atoms with Crippen molar-refractivity contribution in [2.45, 2.75) is 20.0 Å². The minimum absolute atomic E-state index is 0.110. The molecule has 0 spiro atoms. The van der Waals surface area contributed by atoms with Crippen molar-refractivity contribution in [3.8, 4) is 5.75 Å². The third kappa shape index (κ3) is 3.69. The lowest BCUT2D eigenvalue weighted by Crippen LogP contribution is -2.11. The number of rotatable bonds is 4. The lowest BCUT2D eigenvalue weighted by molar-refractivity contribution is 0.103. The van der Waals surface area contributed by atoms with Crippen molar-refractivity contribution in [1.29, 1.82) is 0 Å². The van der Waals surface area contributed by atoms with Gasteiger partial charge in [0.2, 0.25) is 0 Å². The van der Waals surface area contributed by atoms with Gasteiger partial charge in [0.05, 0.1) is 16.7 Å². The first-order valence-corrected chi connectivity index (χ1v) is 7.20. The Balaban J connectivity index is 2.51. The largest absolute Gasteiger partial charge is 0.489 e. The van der Waals surface area contributed by atoms with Crippen molar-refractivity contribution < 1.29 is 9.53 Å². The summed E-state index contributed by atoms with van der Waals surface area (Å²) in [5, 5.41) is 0.699. The van der Waals surface area contributed by atoms with Crippen molar-refractivity contribution in [3.63, 3.8) is 0 Å². The fraction of sp³-hybridized carbons (Fsp3) is 0.188. The van der Waals surface area contributed by atoms with E-state index in [1.807, 2.05) is 13.8 Å². The van der Waals surface area contributed by atoms with Crippen LogP contribution in [0.25, 0.3) is 0 Å². The van der Waals surface area contributed by atoms with Crippen LogP contribution in [-0.4, -0.2) is 11.9 Å². The molecule has 0 saturated carbocycles. The minimum atomic E-state index is -0.213. The van der Waals surface area contributed by atoms with Gasteiger partial charge in [-0.15, -0.1) is 0 Å². The number of carbonyl (C=O) groups excluding carboxylic acids is 1. The van der Waals surface area contributed by atoms with Crippen LogP contribution in [0.15, 0.2) is 36.4 Å². The van der Waals surface area contributed by atoms with E-state index in [1.54, 1.807) is 36.4 Å². The second-order valence-electron chi connectivity index (χ2n) is 4.88. The predicted molar refractivity (Wildman–Crippen MR) is 86.5 cm³/mol. The number of ketones is 1. The number of hydrogen-bond donors (Lipinski definition) is 1. The molecule has 21 heavy (non-hydrogen) atoms. The molecule has 2 rings (SSSR count). The van der Waals surface area contributed by atoms with Crippen LogP contribution in [0, 0.1) is 0 Å². The quantitative estimate of drug-likeness (QED) is 0.661. The van der Waals surface area contributed by atoms with Crippen molar-refractivity contribution in [2.75, 3.05) is 5.73 Å². The van der Waals surface area contributed by atoms with Gasteiger partial charge in [-0.25, -0.2) is 0 Å². The molecule has 0 atom stereocenters. The average Bonchev–Trinajstić information content (AvgIpc) is 2.41. The van der Waals surface area contributed by atoms with Gasteiger partial charge in [0.1, 0.15) is 5.75 Å². The maximum absolute atomic E-state index is 12.6. The first kappa shape index (κ1) is 15.7. The number of anilines is 1. The van der Waals surface area contributed by atoms with Gasteiger partial charge < -0.3 is 10.5 Å². The Hall–Kier alpha value is -1.71. The van der Waals surface area contributed by atoms with Gasteiger partial charge in [-0.3, -0.25) is 4.79 Å². The number of benzene rings is 2. The SMILES string of the molecule is CC(C)Oc1c(Cl)cc(Cl)cc1C(=O)c1ccc(N)cc1. The zero-order valence-electron chi connectivity index (χ0n) is 11.7. The standard InChI is InChI=1S/C16H15Cl2NO2/c1-9(2)21-16-13(7-11(17)8-14(16)18)15(20)10-3-5-12(19)6-4-10/h3-9H,19H2,1-2H3. The van der Waals surface area contributed by atoms with E-state index in [1.165, 1.54) is 0 Å². The third-order valence-electron chi connectivity index (χ3n) is 2.78. The van der Waals surface area contributed by atoms with E-state index in [4.69, 9.17) is 33.7 Å². The Morgan fingerprint density at radius 3 is 2.33 bits per heavy atom. The molecule has 0 aromatic heterocycles. The summed E-state index contributed by atoms with van der Waals surface area (Å²) in [5.41, 5.74) is 7.06. The Labute approximate surface area is 133 Å². The lowest BCUT2D eigenvalue weighted by atomic mass is 10.0. The highest BCUT2D eigenvalue weighted by Gasteiger charge is 2.19. The maximum atomic E-state index is 12.6. The molecule has 2 aromatic rings. The topological polar surface area (TPSA) is 52.3 Å². The highest BCUT2D eigenvalue weighted by Crippen LogP contribution is 2.34. The summed E-state index contributed by atoms with van der Waals surface area (Å²) in [5.74, 6) is 0.132. The molecule has 0 aliphatic heterocycles. The van der Waals surface area contributed by atoms with Crippen LogP contribution in [0.1, 0.15) is 29.8 Å².